The molecule has 0 aliphatic carbocycles. The maximum absolute atomic E-state index is 12.2. The molecule has 0 aliphatic rings. The summed E-state index contributed by atoms with van der Waals surface area (Å²) in [5.74, 6) is 0.133. The molecule has 3 radical (unpaired) electrons. The second kappa shape index (κ2) is 19.0. The van der Waals surface area contributed by atoms with E-state index < -0.39 is 8.32 Å². The maximum Gasteiger partial charge on any atom is 0.293 e. The molecule has 1 atom stereocenters. The predicted molar refractivity (Wildman–Crippen MR) is 169 cm³/mol. The summed E-state index contributed by atoms with van der Waals surface area (Å²) in [4.78, 5) is 22.9. The number of carbonyl (C=O) groups excluding carboxylic acids is 2. The summed E-state index contributed by atoms with van der Waals surface area (Å²) in [5.41, 5.74) is 0. The average molecular weight is 564 g/mol. The van der Waals surface area contributed by atoms with Crippen molar-refractivity contribution < 1.29 is 18.8 Å². The lowest BCUT2D eigenvalue weighted by molar-refractivity contribution is -0.132. The molecule has 0 saturated carbocycles. The van der Waals surface area contributed by atoms with Crippen LogP contribution in [-0.4, -0.2) is 33.3 Å². The molecule has 5 heteroatoms. The van der Waals surface area contributed by atoms with Gasteiger partial charge in [-0.2, -0.15) is 0 Å². The lowest BCUT2D eigenvalue weighted by Gasteiger charge is -2.43. The van der Waals surface area contributed by atoms with Gasteiger partial charge in [0.05, 0.1) is 0 Å². The van der Waals surface area contributed by atoms with Crippen molar-refractivity contribution in [2.45, 2.75) is 109 Å². The number of rotatable bonds is 22. The topological polar surface area (TPSA) is 52.6 Å². The number of hydrogen-bond donors (Lipinski definition) is 0. The second-order valence-electron chi connectivity index (χ2n) is 11.7. The molecule has 0 spiro atoms. The van der Waals surface area contributed by atoms with E-state index in [1.807, 2.05) is 6.42 Å². The highest BCUT2D eigenvalue weighted by molar-refractivity contribution is 6.99. The van der Waals surface area contributed by atoms with Crippen molar-refractivity contribution >= 4 is 30.9 Å². The van der Waals surface area contributed by atoms with Crippen molar-refractivity contribution in [1.82, 2.24) is 0 Å². The smallest absolute Gasteiger partial charge is 0.293 e. The minimum Gasteiger partial charge on any atom is -0.464 e. The van der Waals surface area contributed by atoms with Crippen molar-refractivity contribution in [3.05, 3.63) is 79.9 Å². The van der Waals surface area contributed by atoms with Gasteiger partial charge in [0.2, 0.25) is 0 Å². The zero-order valence-corrected chi connectivity index (χ0v) is 26.3. The van der Waals surface area contributed by atoms with E-state index in [-0.39, 0.29) is 16.9 Å². The van der Waals surface area contributed by atoms with Gasteiger partial charge in [0.25, 0.3) is 14.8 Å². The van der Waals surface area contributed by atoms with E-state index in [4.69, 9.17) is 9.16 Å². The fourth-order valence-electron chi connectivity index (χ4n) is 5.34. The van der Waals surface area contributed by atoms with Crippen LogP contribution < -0.4 is 10.4 Å². The third kappa shape index (κ3) is 11.3. The Morgan fingerprint density at radius 2 is 1.40 bits per heavy atom. The van der Waals surface area contributed by atoms with Crippen LogP contribution in [0, 0.1) is 19.3 Å². The van der Waals surface area contributed by atoms with Crippen LogP contribution in [0.25, 0.3) is 0 Å². The highest BCUT2D eigenvalue weighted by Gasteiger charge is 2.49. The Kier molecular flexibility index (Phi) is 16.1. The van der Waals surface area contributed by atoms with Gasteiger partial charge in [0, 0.05) is 25.9 Å². The lowest BCUT2D eigenvalue weighted by Crippen LogP contribution is -2.66. The third-order valence-electron chi connectivity index (χ3n) is 7.48. The van der Waals surface area contributed by atoms with E-state index in [0.29, 0.717) is 12.9 Å². The normalized spacial score (nSPS) is 12.7. The molecule has 0 heterocycles. The highest BCUT2D eigenvalue weighted by Crippen LogP contribution is 2.36. The van der Waals surface area contributed by atoms with E-state index in [2.05, 4.69) is 88.4 Å². The number of hydrogen-bond acceptors (Lipinski definition) is 4. The second-order valence-corrected chi connectivity index (χ2v) is 16.0. The Morgan fingerprint density at radius 1 is 0.825 bits per heavy atom. The van der Waals surface area contributed by atoms with Crippen LogP contribution in [-0.2, 0) is 18.8 Å². The molecule has 0 unspecified atom stereocenters. The molecule has 0 bridgehead atoms. The number of ether oxygens (including phenoxy) is 1. The molecule has 0 amide bonds. The summed E-state index contributed by atoms with van der Waals surface area (Å²) in [6.07, 6.45) is 16.0. The van der Waals surface area contributed by atoms with Gasteiger partial charge in [-0.1, -0.05) is 127 Å². The monoisotopic (exact) mass is 563 g/mol. The number of ketones is 1. The van der Waals surface area contributed by atoms with E-state index >= 15 is 0 Å². The molecule has 219 valence electrons. The van der Waals surface area contributed by atoms with E-state index in [9.17, 15) is 9.59 Å². The zero-order valence-electron chi connectivity index (χ0n) is 25.3. The van der Waals surface area contributed by atoms with Crippen LogP contribution in [0.5, 0.6) is 0 Å². The number of unbranched alkanes of at least 4 members (excludes halogenated alkanes) is 7. The molecule has 0 aliphatic heterocycles. The van der Waals surface area contributed by atoms with Crippen LogP contribution in [0.2, 0.25) is 5.04 Å². The summed E-state index contributed by atoms with van der Waals surface area (Å²) in [6.45, 7) is 10.4. The average Bonchev–Trinajstić information content (AvgIpc) is 2.94. The molecule has 0 N–H and O–H groups in total. The number of Topliss-reactive ketones (excluding diaryl/α,β-unsaturated/α-hetero) is 1. The number of carbonyl (C=O) groups is 2. The van der Waals surface area contributed by atoms with E-state index in [0.717, 1.165) is 70.8 Å². The fourth-order valence-corrected chi connectivity index (χ4v) is 9.95. The summed E-state index contributed by atoms with van der Waals surface area (Å²) < 4.78 is 12.1. The molecule has 2 aromatic carbocycles. The van der Waals surface area contributed by atoms with Crippen molar-refractivity contribution in [3.8, 4) is 0 Å². The Bertz CT molecular complexity index is 899. The number of benzene rings is 2. The van der Waals surface area contributed by atoms with Gasteiger partial charge in [0.1, 0.15) is 11.9 Å². The first kappa shape index (κ1) is 34.0. The Labute approximate surface area is 245 Å². The van der Waals surface area contributed by atoms with Gasteiger partial charge in [-0.25, -0.2) is 0 Å². The summed E-state index contributed by atoms with van der Waals surface area (Å²) in [5, 5.41) is 2.66. The SMILES string of the molecule is CCCCC[C@H]([CH][CH][CH]C(=O)CCCCCCCCO[Si](c1ccccc1)(c1ccccc1)C(C)(C)C)OC=O. The summed E-state index contributed by atoms with van der Waals surface area (Å²) in [7, 11) is -2.45. The Morgan fingerprint density at radius 3 is 1.95 bits per heavy atom. The molecule has 2 rings (SSSR count). The molecular weight excluding hydrogens is 512 g/mol. The maximum atomic E-state index is 12.2. The molecule has 0 aromatic heterocycles. The lowest BCUT2D eigenvalue weighted by atomic mass is 10.0. The predicted octanol–water partition coefficient (Wildman–Crippen LogP) is 7.60. The molecule has 4 nitrogen and oxygen atoms in total. The van der Waals surface area contributed by atoms with Crippen molar-refractivity contribution in [2.75, 3.05) is 6.61 Å². The quantitative estimate of drug-likeness (QED) is 0.0841. The summed E-state index contributed by atoms with van der Waals surface area (Å²) >= 11 is 0. The first-order valence-corrected chi connectivity index (χ1v) is 17.1. The van der Waals surface area contributed by atoms with Gasteiger partial charge >= 0.3 is 0 Å². The minimum absolute atomic E-state index is 0.00588. The molecule has 0 fully saturated rings. The molecule has 40 heavy (non-hydrogen) atoms. The van der Waals surface area contributed by atoms with Crippen LogP contribution in [0.4, 0.5) is 0 Å². The first-order chi connectivity index (χ1) is 19.3. The van der Waals surface area contributed by atoms with Gasteiger partial charge in [-0.3, -0.25) is 9.59 Å². The summed E-state index contributed by atoms with van der Waals surface area (Å²) in [6, 6.07) is 21.6. The first-order valence-electron chi connectivity index (χ1n) is 15.2. The van der Waals surface area contributed by atoms with Crippen molar-refractivity contribution in [3.63, 3.8) is 0 Å². The van der Waals surface area contributed by atoms with Crippen LogP contribution in [0.15, 0.2) is 60.7 Å². The standard InChI is InChI=1S/C35H51O4Si/c1-5-6-13-23-32(38-30-36)24-20-22-31(37)21-14-9-7-8-10-19-29-39-40(35(2,3)4,33-25-15-11-16-26-33)34-27-17-12-18-28-34/h11-12,15-18,20,22,24-28,30,32H,5-10,13-14,19,21,23,29H2,1-4H3/t32-/m1/s1. The van der Waals surface area contributed by atoms with Crippen molar-refractivity contribution in [1.29, 1.82) is 0 Å². The largest absolute Gasteiger partial charge is 0.464 e. The van der Waals surface area contributed by atoms with Crippen LogP contribution in [0.3, 0.4) is 0 Å². The molecule has 0 saturated heterocycles. The molecular formula is C35H51O4Si. The minimum atomic E-state index is -2.45. The Hall–Kier alpha value is -2.24. The van der Waals surface area contributed by atoms with Crippen molar-refractivity contribution in [2.24, 2.45) is 0 Å². The molecule has 2 aromatic rings. The van der Waals surface area contributed by atoms with Crippen LogP contribution >= 0.6 is 0 Å². The third-order valence-corrected chi connectivity index (χ3v) is 12.5. The zero-order chi connectivity index (χ0) is 29.1. The van der Waals surface area contributed by atoms with E-state index in [1.165, 1.54) is 10.4 Å². The van der Waals surface area contributed by atoms with E-state index in [1.54, 1.807) is 12.8 Å². The van der Waals surface area contributed by atoms with Crippen LogP contribution in [0.1, 0.15) is 98.3 Å². The fraction of sp³-hybridized carbons (Fsp3) is 0.514. The van der Waals surface area contributed by atoms with Gasteiger partial charge in [-0.05, 0) is 47.5 Å². The van der Waals surface area contributed by atoms with Gasteiger partial charge in [-0.15, -0.1) is 0 Å². The van der Waals surface area contributed by atoms with Gasteiger partial charge < -0.3 is 9.16 Å². The van der Waals surface area contributed by atoms with Gasteiger partial charge in [0.15, 0.2) is 0 Å². The highest BCUT2D eigenvalue weighted by atomic mass is 28.4. The Balaban J connectivity index is 1.69.